The number of imidazole rings is 1. The maximum atomic E-state index is 12.0. The molecule has 1 aromatic carbocycles. The van der Waals surface area contributed by atoms with Crippen molar-refractivity contribution in [2.24, 2.45) is 5.84 Å². The van der Waals surface area contributed by atoms with Crippen molar-refractivity contribution in [2.75, 3.05) is 10.1 Å². The SMILES string of the molecule is NNc1ccc(S(=O)(=O)Nc2ncc[nH]2)cc1[N+](=O)[O-]. The Kier molecular flexibility index (Phi) is 3.54. The Hall–Kier alpha value is -2.66. The number of nitrogens with one attached hydrogen (secondary N) is 3. The Morgan fingerprint density at radius 3 is 2.70 bits per heavy atom. The predicted octanol–water partition coefficient (Wildman–Crippen LogP) is 0.404. The number of nitrogen functional groups attached to an aromatic ring is 1. The standard InChI is InChI=1S/C9H10N6O4S/c10-13-7-2-1-6(5-8(7)15(16)17)20(18,19)14-9-11-3-4-12-9/h1-5,13H,10H2,(H2,11,12,14). The van der Waals surface area contributed by atoms with Crippen molar-refractivity contribution in [3.63, 3.8) is 0 Å². The van der Waals surface area contributed by atoms with E-state index in [0.29, 0.717) is 0 Å². The molecule has 5 N–H and O–H groups in total. The lowest BCUT2D eigenvalue weighted by molar-refractivity contribution is -0.384. The molecular weight excluding hydrogens is 288 g/mol. The number of aromatic nitrogens is 2. The van der Waals surface area contributed by atoms with Gasteiger partial charge in [-0.3, -0.25) is 16.0 Å². The van der Waals surface area contributed by atoms with Gasteiger partial charge in [-0.05, 0) is 12.1 Å². The number of nitro benzene ring substituents is 1. The Bertz CT molecular complexity index is 727. The molecule has 0 aliphatic carbocycles. The summed E-state index contributed by atoms with van der Waals surface area (Å²) in [6, 6.07) is 3.29. The van der Waals surface area contributed by atoms with Gasteiger partial charge in [0.15, 0.2) is 0 Å². The molecule has 11 heteroatoms. The van der Waals surface area contributed by atoms with Gasteiger partial charge in [0, 0.05) is 18.5 Å². The third kappa shape index (κ3) is 2.67. The van der Waals surface area contributed by atoms with E-state index in [2.05, 4.69) is 20.1 Å². The van der Waals surface area contributed by atoms with Gasteiger partial charge in [0.1, 0.15) is 5.69 Å². The summed E-state index contributed by atoms with van der Waals surface area (Å²) in [5.41, 5.74) is 1.68. The van der Waals surface area contributed by atoms with Gasteiger partial charge in [-0.2, -0.15) is 0 Å². The highest BCUT2D eigenvalue weighted by Crippen LogP contribution is 2.27. The molecule has 0 unspecified atom stereocenters. The van der Waals surface area contributed by atoms with Crippen LogP contribution in [-0.2, 0) is 10.0 Å². The van der Waals surface area contributed by atoms with Crippen LogP contribution in [0.3, 0.4) is 0 Å². The van der Waals surface area contributed by atoms with Gasteiger partial charge in [-0.15, -0.1) is 0 Å². The first-order valence-corrected chi connectivity index (χ1v) is 6.69. The number of hydrazine groups is 1. The molecule has 0 aliphatic heterocycles. The number of H-pyrrole nitrogens is 1. The Labute approximate surface area is 113 Å². The number of nitrogens with two attached hydrogens (primary N) is 1. The monoisotopic (exact) mass is 298 g/mol. The number of nitro groups is 1. The van der Waals surface area contributed by atoms with E-state index in [0.717, 1.165) is 6.07 Å². The summed E-state index contributed by atoms with van der Waals surface area (Å²) in [7, 11) is -3.98. The van der Waals surface area contributed by atoms with Crippen LogP contribution in [0.4, 0.5) is 17.3 Å². The van der Waals surface area contributed by atoms with Crippen LogP contribution >= 0.6 is 0 Å². The lowest BCUT2D eigenvalue weighted by Crippen LogP contribution is -2.15. The van der Waals surface area contributed by atoms with Crippen LogP contribution in [0.5, 0.6) is 0 Å². The van der Waals surface area contributed by atoms with Crippen molar-refractivity contribution in [1.29, 1.82) is 0 Å². The highest BCUT2D eigenvalue weighted by atomic mass is 32.2. The Morgan fingerprint density at radius 1 is 1.40 bits per heavy atom. The summed E-state index contributed by atoms with van der Waals surface area (Å²) < 4.78 is 26.2. The van der Waals surface area contributed by atoms with E-state index in [1.807, 2.05) is 0 Å². The molecular formula is C9H10N6O4S. The van der Waals surface area contributed by atoms with Crippen LogP contribution < -0.4 is 16.0 Å². The summed E-state index contributed by atoms with van der Waals surface area (Å²) in [5, 5.41) is 10.9. The number of rotatable bonds is 5. The molecule has 2 aromatic rings. The number of aromatic amines is 1. The van der Waals surface area contributed by atoms with Crippen LogP contribution in [0.25, 0.3) is 0 Å². The van der Waals surface area contributed by atoms with Crippen molar-refractivity contribution >= 4 is 27.3 Å². The van der Waals surface area contributed by atoms with E-state index in [4.69, 9.17) is 5.84 Å². The average molecular weight is 298 g/mol. The first-order valence-electron chi connectivity index (χ1n) is 5.21. The van der Waals surface area contributed by atoms with Crippen LogP contribution in [0, 0.1) is 10.1 Å². The topological polar surface area (TPSA) is 156 Å². The van der Waals surface area contributed by atoms with Crippen LogP contribution in [0.2, 0.25) is 0 Å². The van der Waals surface area contributed by atoms with Gasteiger partial charge in [0.2, 0.25) is 5.95 Å². The van der Waals surface area contributed by atoms with Crippen LogP contribution in [-0.4, -0.2) is 23.3 Å². The summed E-state index contributed by atoms with van der Waals surface area (Å²) in [4.78, 5) is 16.1. The van der Waals surface area contributed by atoms with Gasteiger partial charge in [-0.1, -0.05) is 0 Å². The largest absolute Gasteiger partial charge is 0.330 e. The summed E-state index contributed by atoms with van der Waals surface area (Å²) in [6.07, 6.45) is 2.80. The van der Waals surface area contributed by atoms with Gasteiger partial charge >= 0.3 is 0 Å². The smallest absolute Gasteiger partial charge is 0.295 e. The highest BCUT2D eigenvalue weighted by molar-refractivity contribution is 7.92. The molecule has 0 saturated heterocycles. The number of anilines is 2. The second kappa shape index (κ2) is 5.14. The second-order valence-corrected chi connectivity index (χ2v) is 5.31. The van der Waals surface area contributed by atoms with E-state index >= 15 is 0 Å². The Balaban J connectivity index is 2.42. The fourth-order valence-electron chi connectivity index (χ4n) is 1.46. The molecule has 1 aromatic heterocycles. The molecule has 1 heterocycles. The van der Waals surface area contributed by atoms with Gasteiger partial charge in [0.05, 0.1) is 9.82 Å². The van der Waals surface area contributed by atoms with Crippen LogP contribution in [0.1, 0.15) is 0 Å². The Morgan fingerprint density at radius 2 is 2.15 bits per heavy atom. The molecule has 0 fully saturated rings. The quantitative estimate of drug-likeness (QED) is 0.353. The third-order valence-electron chi connectivity index (χ3n) is 2.36. The van der Waals surface area contributed by atoms with Crippen molar-refractivity contribution in [3.05, 3.63) is 40.7 Å². The van der Waals surface area contributed by atoms with Gasteiger partial charge < -0.3 is 10.4 Å². The molecule has 0 spiro atoms. The lowest BCUT2D eigenvalue weighted by Gasteiger charge is -2.07. The molecule has 0 saturated carbocycles. The van der Waals surface area contributed by atoms with E-state index in [-0.39, 0.29) is 16.5 Å². The minimum atomic E-state index is -3.98. The first kappa shape index (κ1) is 13.8. The highest BCUT2D eigenvalue weighted by Gasteiger charge is 2.21. The molecule has 0 aliphatic rings. The molecule has 2 rings (SSSR count). The summed E-state index contributed by atoms with van der Waals surface area (Å²) in [6.45, 7) is 0. The van der Waals surface area contributed by atoms with E-state index in [9.17, 15) is 18.5 Å². The minimum absolute atomic E-state index is 0.00643. The minimum Gasteiger partial charge on any atom is -0.330 e. The van der Waals surface area contributed by atoms with Crippen molar-refractivity contribution < 1.29 is 13.3 Å². The van der Waals surface area contributed by atoms with Crippen molar-refractivity contribution in [3.8, 4) is 0 Å². The van der Waals surface area contributed by atoms with Gasteiger partial charge in [0.25, 0.3) is 15.7 Å². The number of hydrogen-bond acceptors (Lipinski definition) is 7. The number of nitrogens with zero attached hydrogens (tertiary/aromatic N) is 2. The molecule has 106 valence electrons. The molecule has 0 radical (unpaired) electrons. The van der Waals surface area contributed by atoms with E-state index < -0.39 is 20.6 Å². The summed E-state index contributed by atoms with van der Waals surface area (Å²) in [5.74, 6) is 5.13. The first-order chi connectivity index (χ1) is 9.44. The maximum Gasteiger partial charge on any atom is 0.295 e. The molecule has 0 amide bonds. The lowest BCUT2D eigenvalue weighted by atomic mass is 10.3. The van der Waals surface area contributed by atoms with E-state index in [1.54, 1.807) is 0 Å². The fraction of sp³-hybridized carbons (Fsp3) is 0. The second-order valence-electron chi connectivity index (χ2n) is 3.62. The number of sulfonamides is 1. The third-order valence-corrected chi connectivity index (χ3v) is 3.70. The molecule has 0 atom stereocenters. The fourth-order valence-corrected chi connectivity index (χ4v) is 2.46. The van der Waals surface area contributed by atoms with E-state index in [1.165, 1.54) is 24.5 Å². The molecule has 0 bridgehead atoms. The zero-order chi connectivity index (χ0) is 14.8. The molecule has 20 heavy (non-hydrogen) atoms. The van der Waals surface area contributed by atoms with Crippen molar-refractivity contribution in [1.82, 2.24) is 9.97 Å². The zero-order valence-corrected chi connectivity index (χ0v) is 10.7. The van der Waals surface area contributed by atoms with Crippen LogP contribution in [0.15, 0.2) is 35.5 Å². The zero-order valence-electron chi connectivity index (χ0n) is 9.90. The number of benzene rings is 1. The normalized spacial score (nSPS) is 11.1. The van der Waals surface area contributed by atoms with Crippen molar-refractivity contribution in [2.45, 2.75) is 4.90 Å². The predicted molar refractivity (Wildman–Crippen MR) is 70.3 cm³/mol. The average Bonchev–Trinajstić information content (AvgIpc) is 2.89. The number of hydrogen-bond donors (Lipinski definition) is 4. The summed E-state index contributed by atoms with van der Waals surface area (Å²) >= 11 is 0. The van der Waals surface area contributed by atoms with Gasteiger partial charge in [-0.25, -0.2) is 18.1 Å². The maximum absolute atomic E-state index is 12.0. The molecule has 10 nitrogen and oxygen atoms in total.